The number of benzene rings is 11. The molecule has 14 aromatic rings. The van der Waals surface area contributed by atoms with Gasteiger partial charge in [0.1, 0.15) is 11.2 Å². The number of aromatic nitrogens is 1. The maximum absolute atomic E-state index is 7.15. The Balaban J connectivity index is 1.12. The molecule has 0 radical (unpaired) electrons. The minimum atomic E-state index is 0.300. The van der Waals surface area contributed by atoms with Crippen LogP contribution in [0.2, 0.25) is 0 Å². The van der Waals surface area contributed by atoms with Crippen LogP contribution in [0.25, 0.3) is 92.9 Å². The maximum atomic E-state index is 7.15. The van der Waals surface area contributed by atoms with Crippen LogP contribution in [0, 0.1) is 13.8 Å². The van der Waals surface area contributed by atoms with E-state index in [9.17, 15) is 0 Å². The van der Waals surface area contributed by atoms with E-state index in [-0.39, 0.29) is 0 Å². The number of rotatable bonds is 9. The highest BCUT2D eigenvalue weighted by Crippen LogP contribution is 2.53. The standard InChI is InChI=1S/C70H55N3O2/c1-42(2)47-30-18-32-53-55-34-20-38-59(69(55)74-67(47)53)72(57-36-16-10-22-44(57)5)61-40-63-65(51-28-14-12-26-49(51)61)66-52-29-15-13-27-50(52)62(41-64(66)71(63)46-24-8-7-9-25-46)73(58-37-17-11-23-45(58)6)60-39-21-35-56-54-33-19-31-48(43(3)4)68(54)75-70(56)60/h7-43H,1-6H3. The highest BCUT2D eigenvalue weighted by atomic mass is 16.3. The summed E-state index contributed by atoms with van der Waals surface area (Å²) in [5.41, 5.74) is 17.9. The summed E-state index contributed by atoms with van der Waals surface area (Å²) in [5, 5.41) is 11.5. The lowest BCUT2D eigenvalue weighted by molar-refractivity contribution is 0.657. The number of fused-ring (bicyclic) bond motifs is 13. The first-order chi connectivity index (χ1) is 36.7. The largest absolute Gasteiger partial charge is 0.454 e. The topological polar surface area (TPSA) is 37.7 Å². The molecule has 5 nitrogen and oxygen atoms in total. The first-order valence-electron chi connectivity index (χ1n) is 26.3. The third-order valence-electron chi connectivity index (χ3n) is 15.7. The molecule has 0 spiro atoms. The van der Waals surface area contributed by atoms with Gasteiger partial charge in [-0.3, -0.25) is 0 Å². The van der Waals surface area contributed by atoms with Gasteiger partial charge in [0.05, 0.1) is 33.8 Å². The molecule has 0 aliphatic carbocycles. The minimum absolute atomic E-state index is 0.300. The van der Waals surface area contributed by atoms with E-state index in [1.807, 2.05) is 0 Å². The lowest BCUT2D eigenvalue weighted by Gasteiger charge is -2.28. The van der Waals surface area contributed by atoms with E-state index in [4.69, 9.17) is 8.83 Å². The van der Waals surface area contributed by atoms with Crippen molar-refractivity contribution in [2.75, 3.05) is 9.80 Å². The van der Waals surface area contributed by atoms with Gasteiger partial charge in [-0.05, 0) is 107 Å². The molecule has 0 aliphatic heterocycles. The van der Waals surface area contributed by atoms with Crippen molar-refractivity contribution in [1.29, 1.82) is 0 Å². The first-order valence-corrected chi connectivity index (χ1v) is 26.3. The van der Waals surface area contributed by atoms with Gasteiger partial charge in [-0.25, -0.2) is 0 Å². The Kier molecular flexibility index (Phi) is 10.3. The van der Waals surface area contributed by atoms with Gasteiger partial charge in [0.2, 0.25) is 0 Å². The summed E-state index contributed by atoms with van der Waals surface area (Å²) in [7, 11) is 0. The fraction of sp³-hybridized carbons (Fsp3) is 0.114. The Bertz CT molecular complexity index is 4320. The fourth-order valence-corrected chi connectivity index (χ4v) is 12.2. The molecule has 0 aliphatic rings. The molecule has 14 rings (SSSR count). The average Bonchev–Trinajstić information content (AvgIpc) is 4.25. The van der Waals surface area contributed by atoms with Crippen LogP contribution in [-0.2, 0) is 0 Å². The zero-order valence-corrected chi connectivity index (χ0v) is 43.0. The van der Waals surface area contributed by atoms with Crippen LogP contribution in [-0.4, -0.2) is 4.57 Å². The van der Waals surface area contributed by atoms with Gasteiger partial charge in [-0.2, -0.15) is 0 Å². The molecular formula is C70H55N3O2. The van der Waals surface area contributed by atoms with Gasteiger partial charge in [0, 0.05) is 60.2 Å². The third-order valence-corrected chi connectivity index (χ3v) is 15.7. The van der Waals surface area contributed by atoms with Gasteiger partial charge >= 0.3 is 0 Å². The molecule has 0 amide bonds. The Morgan fingerprint density at radius 1 is 0.320 bits per heavy atom. The van der Waals surface area contributed by atoms with Crippen molar-refractivity contribution in [1.82, 2.24) is 4.57 Å². The van der Waals surface area contributed by atoms with E-state index in [0.29, 0.717) is 11.8 Å². The van der Waals surface area contributed by atoms with Crippen molar-refractivity contribution >= 4 is 121 Å². The highest BCUT2D eigenvalue weighted by Gasteiger charge is 2.29. The summed E-state index contributed by atoms with van der Waals surface area (Å²) in [6.45, 7) is 13.4. The second-order valence-electron chi connectivity index (χ2n) is 20.9. The van der Waals surface area contributed by atoms with Crippen molar-refractivity contribution in [3.8, 4) is 5.69 Å². The van der Waals surface area contributed by atoms with Crippen LogP contribution in [0.5, 0.6) is 0 Å². The number of nitrogens with zero attached hydrogens (tertiary/aromatic N) is 3. The lowest BCUT2D eigenvalue weighted by Crippen LogP contribution is -2.12. The molecule has 5 heteroatoms. The number of aryl methyl sites for hydroxylation is 2. The Hall–Kier alpha value is -9.06. The van der Waals surface area contributed by atoms with Crippen LogP contribution in [0.3, 0.4) is 0 Å². The van der Waals surface area contributed by atoms with Crippen LogP contribution in [0.4, 0.5) is 34.1 Å². The molecule has 75 heavy (non-hydrogen) atoms. The normalized spacial score (nSPS) is 12.1. The molecule has 0 saturated heterocycles. The van der Waals surface area contributed by atoms with E-state index in [1.165, 1.54) is 32.7 Å². The van der Waals surface area contributed by atoms with E-state index < -0.39 is 0 Å². The maximum Gasteiger partial charge on any atom is 0.159 e. The monoisotopic (exact) mass is 969 g/mol. The third kappa shape index (κ3) is 6.77. The second-order valence-corrected chi connectivity index (χ2v) is 20.9. The van der Waals surface area contributed by atoms with Crippen LogP contribution in [0.15, 0.2) is 221 Å². The SMILES string of the molecule is Cc1ccccc1N(c1cc2c(c3ccccc13)c1c3ccccc3c(N(c3ccccc3C)c3cccc4c3oc3c(C(C)C)cccc34)cc1n2-c1ccccc1)c1cccc2c1oc1c(C(C)C)cccc12. The van der Waals surface area contributed by atoms with Crippen LogP contribution < -0.4 is 9.80 Å². The van der Waals surface area contributed by atoms with Gasteiger partial charge in [0.15, 0.2) is 11.2 Å². The predicted molar refractivity (Wildman–Crippen MR) is 317 cm³/mol. The molecule has 0 fully saturated rings. The van der Waals surface area contributed by atoms with Gasteiger partial charge in [0.25, 0.3) is 0 Å². The van der Waals surface area contributed by atoms with E-state index in [0.717, 1.165) is 117 Å². The predicted octanol–water partition coefficient (Wildman–Crippen LogP) is 20.7. The molecule has 0 N–H and O–H groups in total. The lowest BCUT2D eigenvalue weighted by atomic mass is 9.96. The molecular weight excluding hydrogens is 915 g/mol. The summed E-state index contributed by atoms with van der Waals surface area (Å²) in [5.74, 6) is 0.599. The number of anilines is 6. The van der Waals surface area contributed by atoms with E-state index in [2.05, 4.69) is 268 Å². The highest BCUT2D eigenvalue weighted by molar-refractivity contribution is 6.32. The smallest absolute Gasteiger partial charge is 0.159 e. The molecule has 362 valence electrons. The second kappa shape index (κ2) is 17.3. The average molecular weight is 970 g/mol. The van der Waals surface area contributed by atoms with E-state index in [1.54, 1.807) is 0 Å². The first kappa shape index (κ1) is 44.6. The molecule has 3 heterocycles. The van der Waals surface area contributed by atoms with Crippen molar-refractivity contribution in [3.05, 3.63) is 235 Å². The van der Waals surface area contributed by atoms with Crippen LogP contribution >= 0.6 is 0 Å². The Labute approximate surface area is 436 Å². The quantitative estimate of drug-likeness (QED) is 0.144. The Morgan fingerprint density at radius 2 is 0.667 bits per heavy atom. The zero-order chi connectivity index (χ0) is 50.6. The van der Waals surface area contributed by atoms with Gasteiger partial charge in [-0.1, -0.05) is 191 Å². The van der Waals surface area contributed by atoms with Crippen molar-refractivity contribution in [2.45, 2.75) is 53.4 Å². The van der Waals surface area contributed by atoms with Gasteiger partial charge in [-0.15, -0.1) is 0 Å². The van der Waals surface area contributed by atoms with Crippen LogP contribution in [0.1, 0.15) is 61.8 Å². The molecule has 3 aromatic heterocycles. The summed E-state index contributed by atoms with van der Waals surface area (Å²) in [6.07, 6.45) is 0. The molecule has 0 atom stereocenters. The van der Waals surface area contributed by atoms with Crippen molar-refractivity contribution in [3.63, 3.8) is 0 Å². The summed E-state index contributed by atoms with van der Waals surface area (Å²) >= 11 is 0. The summed E-state index contributed by atoms with van der Waals surface area (Å²) in [4.78, 5) is 4.90. The van der Waals surface area contributed by atoms with Crippen molar-refractivity contribution in [2.24, 2.45) is 0 Å². The molecule has 11 aromatic carbocycles. The molecule has 0 unspecified atom stereocenters. The number of hydrogen-bond acceptors (Lipinski definition) is 4. The number of hydrogen-bond donors (Lipinski definition) is 0. The summed E-state index contributed by atoms with van der Waals surface area (Å²) < 4.78 is 16.8. The molecule has 0 saturated carbocycles. The van der Waals surface area contributed by atoms with E-state index >= 15 is 0 Å². The fourth-order valence-electron chi connectivity index (χ4n) is 12.2. The van der Waals surface area contributed by atoms with Crippen molar-refractivity contribution < 1.29 is 8.83 Å². The summed E-state index contributed by atoms with van der Waals surface area (Å²) in [6, 6.07) is 77.6. The number of para-hydroxylation sites is 7. The van der Waals surface area contributed by atoms with Gasteiger partial charge < -0.3 is 23.2 Å². The molecule has 0 bridgehead atoms. The Morgan fingerprint density at radius 3 is 1.09 bits per heavy atom. The zero-order valence-electron chi connectivity index (χ0n) is 43.0. The minimum Gasteiger partial charge on any atom is -0.454 e. The number of furan rings is 2.